The van der Waals surface area contributed by atoms with Crippen molar-refractivity contribution in [1.82, 2.24) is 4.90 Å². The molecule has 0 spiro atoms. The van der Waals surface area contributed by atoms with Crippen LogP contribution in [0.2, 0.25) is 0 Å². The highest BCUT2D eigenvalue weighted by Gasteiger charge is 2.23. The SMILES string of the molecule is CCN(CC1CCOC1)C(=O)c1cccc(NS(=O)(=O)c2cc(C)ccc2C)c1. The van der Waals surface area contributed by atoms with E-state index >= 15 is 0 Å². The van der Waals surface area contributed by atoms with Gasteiger partial charge in [-0.05, 0) is 62.6 Å². The topological polar surface area (TPSA) is 75.7 Å². The molecule has 29 heavy (non-hydrogen) atoms. The lowest BCUT2D eigenvalue weighted by Crippen LogP contribution is -2.35. The van der Waals surface area contributed by atoms with Gasteiger partial charge in [-0.2, -0.15) is 0 Å². The summed E-state index contributed by atoms with van der Waals surface area (Å²) in [6.45, 7) is 8.22. The average molecular weight is 417 g/mol. The van der Waals surface area contributed by atoms with Crippen molar-refractivity contribution < 1.29 is 17.9 Å². The Balaban J connectivity index is 1.79. The summed E-state index contributed by atoms with van der Waals surface area (Å²) < 4.78 is 33.7. The largest absolute Gasteiger partial charge is 0.381 e. The standard InChI is InChI=1S/C22H28N2O4S/c1-4-24(14-18-10-11-28-15-18)22(25)19-6-5-7-20(13-19)23-29(26,27)21-12-16(2)8-9-17(21)3/h5-9,12-13,18,23H,4,10-11,14-15H2,1-3H3. The number of carbonyl (C=O) groups excluding carboxylic acids is 1. The van der Waals surface area contributed by atoms with Crippen LogP contribution in [0.1, 0.15) is 34.8 Å². The molecule has 1 amide bonds. The van der Waals surface area contributed by atoms with Crippen molar-refractivity contribution in [3.63, 3.8) is 0 Å². The number of anilines is 1. The summed E-state index contributed by atoms with van der Waals surface area (Å²) in [5, 5.41) is 0. The lowest BCUT2D eigenvalue weighted by atomic mass is 10.1. The average Bonchev–Trinajstić information content (AvgIpc) is 3.20. The quantitative estimate of drug-likeness (QED) is 0.748. The highest BCUT2D eigenvalue weighted by Crippen LogP contribution is 2.22. The Labute approximate surface area is 172 Å². The number of ether oxygens (including phenoxy) is 1. The second-order valence-corrected chi connectivity index (χ2v) is 9.18. The number of carbonyl (C=O) groups is 1. The maximum Gasteiger partial charge on any atom is 0.262 e. The van der Waals surface area contributed by atoms with Crippen LogP contribution in [0.25, 0.3) is 0 Å². The molecule has 1 heterocycles. The number of amides is 1. The molecular formula is C22H28N2O4S. The van der Waals surface area contributed by atoms with Crippen molar-refractivity contribution in [2.45, 2.75) is 32.1 Å². The first-order chi connectivity index (χ1) is 13.8. The van der Waals surface area contributed by atoms with Crippen LogP contribution in [-0.2, 0) is 14.8 Å². The van der Waals surface area contributed by atoms with Gasteiger partial charge in [0.05, 0.1) is 11.5 Å². The van der Waals surface area contributed by atoms with Crippen LogP contribution in [0.15, 0.2) is 47.4 Å². The minimum atomic E-state index is -3.74. The molecular weight excluding hydrogens is 388 g/mol. The zero-order chi connectivity index (χ0) is 21.0. The normalized spacial score (nSPS) is 16.6. The van der Waals surface area contributed by atoms with Gasteiger partial charge in [0, 0.05) is 36.9 Å². The van der Waals surface area contributed by atoms with E-state index < -0.39 is 10.0 Å². The first kappa shape index (κ1) is 21.3. The fourth-order valence-corrected chi connectivity index (χ4v) is 4.88. The van der Waals surface area contributed by atoms with Gasteiger partial charge >= 0.3 is 0 Å². The van der Waals surface area contributed by atoms with E-state index in [-0.39, 0.29) is 10.8 Å². The lowest BCUT2D eigenvalue weighted by Gasteiger charge is -2.24. The molecule has 1 fully saturated rings. The van der Waals surface area contributed by atoms with Crippen LogP contribution in [0.5, 0.6) is 0 Å². The third kappa shape index (κ3) is 5.16. The monoisotopic (exact) mass is 416 g/mol. The van der Waals surface area contributed by atoms with Crippen molar-refractivity contribution in [2.24, 2.45) is 5.92 Å². The summed E-state index contributed by atoms with van der Waals surface area (Å²) in [4.78, 5) is 15.0. The molecule has 0 aromatic heterocycles. The molecule has 1 saturated heterocycles. The third-order valence-electron chi connectivity index (χ3n) is 5.17. The highest BCUT2D eigenvalue weighted by molar-refractivity contribution is 7.92. The van der Waals surface area contributed by atoms with Gasteiger partial charge < -0.3 is 9.64 Å². The van der Waals surface area contributed by atoms with Crippen molar-refractivity contribution >= 4 is 21.6 Å². The van der Waals surface area contributed by atoms with E-state index in [9.17, 15) is 13.2 Å². The molecule has 1 aliphatic rings. The van der Waals surface area contributed by atoms with Crippen LogP contribution in [-0.4, -0.2) is 45.5 Å². The van der Waals surface area contributed by atoms with Crippen molar-refractivity contribution in [3.05, 3.63) is 59.2 Å². The highest BCUT2D eigenvalue weighted by atomic mass is 32.2. The molecule has 0 aliphatic carbocycles. The van der Waals surface area contributed by atoms with E-state index in [1.165, 1.54) is 0 Å². The second kappa shape index (κ2) is 8.97. The van der Waals surface area contributed by atoms with Crippen LogP contribution in [0, 0.1) is 19.8 Å². The number of nitrogens with one attached hydrogen (secondary N) is 1. The molecule has 7 heteroatoms. The van der Waals surface area contributed by atoms with Crippen molar-refractivity contribution in [3.8, 4) is 0 Å². The Morgan fingerprint density at radius 2 is 2.00 bits per heavy atom. The lowest BCUT2D eigenvalue weighted by molar-refractivity contribution is 0.0731. The number of hydrogen-bond donors (Lipinski definition) is 1. The molecule has 1 aliphatic heterocycles. The molecule has 1 unspecified atom stereocenters. The van der Waals surface area contributed by atoms with Gasteiger partial charge in [-0.1, -0.05) is 18.2 Å². The van der Waals surface area contributed by atoms with E-state index in [1.807, 2.05) is 19.9 Å². The molecule has 6 nitrogen and oxygen atoms in total. The maximum absolute atomic E-state index is 13.0. The van der Waals surface area contributed by atoms with Crippen LogP contribution in [0.3, 0.4) is 0 Å². The molecule has 1 N–H and O–H groups in total. The third-order valence-corrected chi connectivity index (χ3v) is 6.69. The minimum absolute atomic E-state index is 0.104. The molecule has 2 aromatic rings. The van der Waals surface area contributed by atoms with Crippen LogP contribution >= 0.6 is 0 Å². The number of rotatable bonds is 7. The summed E-state index contributed by atoms with van der Waals surface area (Å²) in [6.07, 6.45) is 0.958. The number of aryl methyl sites for hydroxylation is 2. The van der Waals surface area contributed by atoms with Gasteiger partial charge in [0.25, 0.3) is 15.9 Å². The number of sulfonamides is 1. The second-order valence-electron chi connectivity index (χ2n) is 7.53. The van der Waals surface area contributed by atoms with E-state index in [0.717, 1.165) is 18.6 Å². The fraction of sp³-hybridized carbons (Fsp3) is 0.409. The zero-order valence-electron chi connectivity index (χ0n) is 17.1. The molecule has 156 valence electrons. The first-order valence-corrected chi connectivity index (χ1v) is 11.4. The van der Waals surface area contributed by atoms with Gasteiger partial charge in [0.1, 0.15) is 0 Å². The predicted octanol–water partition coefficient (Wildman–Crippen LogP) is 3.60. The van der Waals surface area contributed by atoms with E-state index in [0.29, 0.717) is 42.4 Å². The number of benzene rings is 2. The number of hydrogen-bond acceptors (Lipinski definition) is 4. The minimum Gasteiger partial charge on any atom is -0.381 e. The van der Waals surface area contributed by atoms with Gasteiger partial charge in [0.2, 0.25) is 0 Å². The summed E-state index contributed by atoms with van der Waals surface area (Å²) in [5.74, 6) is 0.247. The van der Waals surface area contributed by atoms with Gasteiger partial charge in [0.15, 0.2) is 0 Å². The van der Waals surface area contributed by atoms with Gasteiger partial charge in [-0.15, -0.1) is 0 Å². The molecule has 2 aromatic carbocycles. The Kier molecular flexibility index (Phi) is 6.59. The van der Waals surface area contributed by atoms with Crippen LogP contribution in [0.4, 0.5) is 5.69 Å². The van der Waals surface area contributed by atoms with E-state index in [1.54, 1.807) is 48.2 Å². The number of nitrogens with zero attached hydrogens (tertiary/aromatic N) is 1. The Morgan fingerprint density at radius 1 is 1.21 bits per heavy atom. The molecule has 0 radical (unpaired) electrons. The Morgan fingerprint density at radius 3 is 2.69 bits per heavy atom. The summed E-state index contributed by atoms with van der Waals surface area (Å²) >= 11 is 0. The zero-order valence-corrected chi connectivity index (χ0v) is 18.0. The van der Waals surface area contributed by atoms with E-state index in [4.69, 9.17) is 4.74 Å². The predicted molar refractivity (Wildman–Crippen MR) is 114 cm³/mol. The molecule has 0 saturated carbocycles. The summed E-state index contributed by atoms with van der Waals surface area (Å²) in [5.41, 5.74) is 2.38. The first-order valence-electron chi connectivity index (χ1n) is 9.87. The molecule has 0 bridgehead atoms. The summed E-state index contributed by atoms with van der Waals surface area (Å²) in [7, 11) is -3.74. The summed E-state index contributed by atoms with van der Waals surface area (Å²) in [6, 6.07) is 12.0. The Hall–Kier alpha value is -2.38. The van der Waals surface area contributed by atoms with Crippen molar-refractivity contribution in [1.29, 1.82) is 0 Å². The Bertz CT molecular complexity index is 982. The van der Waals surface area contributed by atoms with Gasteiger partial charge in [-0.25, -0.2) is 8.42 Å². The molecule has 3 rings (SSSR count). The smallest absolute Gasteiger partial charge is 0.262 e. The van der Waals surface area contributed by atoms with Crippen LogP contribution < -0.4 is 4.72 Å². The van der Waals surface area contributed by atoms with Crippen molar-refractivity contribution in [2.75, 3.05) is 31.0 Å². The maximum atomic E-state index is 13.0. The molecule has 1 atom stereocenters. The van der Waals surface area contributed by atoms with Gasteiger partial charge in [-0.3, -0.25) is 9.52 Å². The van der Waals surface area contributed by atoms with E-state index in [2.05, 4.69) is 4.72 Å². The fourth-order valence-electron chi connectivity index (χ4n) is 3.50.